The quantitative estimate of drug-likeness (QED) is 0.511. The van der Waals surface area contributed by atoms with Gasteiger partial charge in [-0.3, -0.25) is 20.2 Å². The van der Waals surface area contributed by atoms with Crippen molar-refractivity contribution in [2.24, 2.45) is 0 Å². The van der Waals surface area contributed by atoms with Gasteiger partial charge < -0.3 is 14.9 Å². The van der Waals surface area contributed by atoms with E-state index in [-0.39, 0.29) is 11.4 Å². The maximum Gasteiger partial charge on any atom is 0.269 e. The number of anilines is 2. The van der Waals surface area contributed by atoms with Gasteiger partial charge >= 0.3 is 0 Å². The maximum absolute atomic E-state index is 11.7. The summed E-state index contributed by atoms with van der Waals surface area (Å²) in [4.78, 5) is 25.4. The average Bonchev–Trinajstić information content (AvgIpc) is 3.05. The number of allylic oxidation sites excluding steroid dienone is 3. The van der Waals surface area contributed by atoms with Gasteiger partial charge in [-0.2, -0.15) is 0 Å². The van der Waals surface area contributed by atoms with Gasteiger partial charge in [-0.15, -0.1) is 0 Å². The number of nitrogens with zero attached hydrogens (tertiary/aromatic N) is 4. The van der Waals surface area contributed by atoms with Crippen molar-refractivity contribution >= 4 is 22.7 Å². The third-order valence-corrected chi connectivity index (χ3v) is 7.47. The first-order valence-corrected chi connectivity index (χ1v) is 10.9. The second-order valence-electron chi connectivity index (χ2n) is 9.92. The molecule has 34 heavy (non-hydrogen) atoms. The van der Waals surface area contributed by atoms with Gasteiger partial charge in [-0.1, -0.05) is 33.8 Å². The molecule has 2 aromatic carbocycles. The zero-order chi connectivity index (χ0) is 25.2. The molecule has 0 spiro atoms. The minimum atomic E-state index is -1.42. The first kappa shape index (κ1) is 23.4. The van der Waals surface area contributed by atoms with E-state index in [0.29, 0.717) is 5.56 Å². The summed E-state index contributed by atoms with van der Waals surface area (Å²) in [6, 6.07) is 9.49. The number of aliphatic hydroxyl groups is 1. The van der Waals surface area contributed by atoms with E-state index in [4.69, 9.17) is 0 Å². The van der Waals surface area contributed by atoms with E-state index in [9.17, 15) is 25.3 Å². The molecule has 178 valence electrons. The molecule has 0 fully saturated rings. The van der Waals surface area contributed by atoms with Crippen LogP contribution in [0.1, 0.15) is 38.8 Å². The molecule has 1 N–H and O–H groups in total. The summed E-state index contributed by atoms with van der Waals surface area (Å²) in [5.41, 5.74) is 1.42. The number of fused-ring (bicyclic) bond motifs is 2. The Labute approximate surface area is 197 Å². The summed E-state index contributed by atoms with van der Waals surface area (Å²) < 4.78 is 0. The average molecular weight is 465 g/mol. The third-order valence-electron chi connectivity index (χ3n) is 7.47. The van der Waals surface area contributed by atoms with Gasteiger partial charge in [0.15, 0.2) is 5.72 Å². The molecule has 0 saturated carbocycles. The van der Waals surface area contributed by atoms with Crippen LogP contribution in [0.4, 0.5) is 22.7 Å². The van der Waals surface area contributed by atoms with Crippen LogP contribution in [-0.2, 0) is 10.8 Å². The van der Waals surface area contributed by atoms with Crippen LogP contribution in [-0.4, -0.2) is 34.8 Å². The summed E-state index contributed by atoms with van der Waals surface area (Å²) in [5, 5.41) is 34.3. The predicted octanol–water partition coefficient (Wildman–Crippen LogP) is 4.79. The van der Waals surface area contributed by atoms with Gasteiger partial charge in [-0.25, -0.2) is 0 Å². The molecule has 2 aliphatic rings. The number of hydrogen-bond acceptors (Lipinski definition) is 7. The van der Waals surface area contributed by atoms with Crippen LogP contribution in [0.15, 0.2) is 60.3 Å². The minimum Gasteiger partial charge on any atom is -0.366 e. The Bertz CT molecular complexity index is 1280. The molecule has 1 atom stereocenters. The van der Waals surface area contributed by atoms with Crippen molar-refractivity contribution < 1.29 is 15.0 Å². The summed E-state index contributed by atoms with van der Waals surface area (Å²) in [6.45, 7) is 7.73. The molecule has 2 aromatic rings. The van der Waals surface area contributed by atoms with Gasteiger partial charge in [0.2, 0.25) is 0 Å². The van der Waals surface area contributed by atoms with E-state index in [1.165, 1.54) is 18.2 Å². The van der Waals surface area contributed by atoms with Crippen molar-refractivity contribution in [3.63, 3.8) is 0 Å². The lowest BCUT2D eigenvalue weighted by Crippen LogP contribution is -2.52. The van der Waals surface area contributed by atoms with E-state index >= 15 is 0 Å². The van der Waals surface area contributed by atoms with Crippen molar-refractivity contribution in [1.82, 2.24) is 0 Å². The molecule has 9 nitrogen and oxygen atoms in total. The third kappa shape index (κ3) is 3.11. The molecule has 0 aromatic heterocycles. The smallest absolute Gasteiger partial charge is 0.269 e. The van der Waals surface area contributed by atoms with Crippen molar-refractivity contribution in [2.75, 3.05) is 23.9 Å². The van der Waals surface area contributed by atoms with Gasteiger partial charge in [0.25, 0.3) is 11.4 Å². The first-order valence-electron chi connectivity index (χ1n) is 10.9. The summed E-state index contributed by atoms with van der Waals surface area (Å²) in [7, 11) is 3.67. The number of nitro benzene ring substituents is 2. The van der Waals surface area contributed by atoms with Crippen LogP contribution in [0.3, 0.4) is 0 Å². The number of nitro groups is 2. The van der Waals surface area contributed by atoms with Gasteiger partial charge in [0.05, 0.1) is 9.85 Å². The Hall–Kier alpha value is -3.72. The van der Waals surface area contributed by atoms with Crippen molar-refractivity contribution in [2.45, 2.75) is 44.2 Å². The molecule has 0 radical (unpaired) electrons. The zero-order valence-corrected chi connectivity index (χ0v) is 20.1. The van der Waals surface area contributed by atoms with E-state index in [0.717, 1.165) is 22.6 Å². The van der Waals surface area contributed by atoms with Crippen LogP contribution in [0, 0.1) is 20.2 Å². The molecular weight excluding hydrogens is 436 g/mol. The Morgan fingerprint density at radius 2 is 1.41 bits per heavy atom. The predicted molar refractivity (Wildman–Crippen MR) is 131 cm³/mol. The van der Waals surface area contributed by atoms with E-state index in [1.807, 2.05) is 45.7 Å². The number of likely N-dealkylation sites (N-methyl/N-ethyl adjacent to an activating group) is 2. The van der Waals surface area contributed by atoms with Crippen LogP contribution in [0.2, 0.25) is 0 Å². The number of benzene rings is 2. The fourth-order valence-electron chi connectivity index (χ4n) is 5.26. The summed E-state index contributed by atoms with van der Waals surface area (Å²) >= 11 is 0. The van der Waals surface area contributed by atoms with E-state index < -0.39 is 26.4 Å². The summed E-state index contributed by atoms with van der Waals surface area (Å²) in [5.74, 6) is 0. The summed E-state index contributed by atoms with van der Waals surface area (Å²) in [6.07, 6.45) is 5.38. The molecule has 0 bridgehead atoms. The molecule has 0 saturated heterocycles. The highest BCUT2D eigenvalue weighted by Gasteiger charge is 2.53. The second kappa shape index (κ2) is 7.39. The number of hydrogen-bond donors (Lipinski definition) is 1. The normalized spacial score (nSPS) is 23.4. The van der Waals surface area contributed by atoms with Crippen LogP contribution >= 0.6 is 0 Å². The lowest BCUT2D eigenvalue weighted by molar-refractivity contribution is -0.385. The topological polar surface area (TPSA) is 113 Å². The lowest BCUT2D eigenvalue weighted by Gasteiger charge is -2.39. The zero-order valence-electron chi connectivity index (χ0n) is 20.1. The maximum atomic E-state index is 11.7. The van der Waals surface area contributed by atoms with Gasteiger partial charge in [0, 0.05) is 66.3 Å². The highest BCUT2D eigenvalue weighted by molar-refractivity contribution is 5.72. The van der Waals surface area contributed by atoms with Gasteiger partial charge in [0.1, 0.15) is 0 Å². The van der Waals surface area contributed by atoms with Crippen molar-refractivity contribution in [1.29, 1.82) is 0 Å². The largest absolute Gasteiger partial charge is 0.366 e. The molecule has 0 aliphatic carbocycles. The minimum absolute atomic E-state index is 0.0169. The van der Waals surface area contributed by atoms with E-state index in [1.54, 1.807) is 42.3 Å². The highest BCUT2D eigenvalue weighted by Crippen LogP contribution is 2.52. The molecule has 4 rings (SSSR count). The molecule has 2 aliphatic heterocycles. The molecular formula is C25H28N4O5. The Balaban J connectivity index is 1.71. The van der Waals surface area contributed by atoms with Crippen LogP contribution in [0.25, 0.3) is 0 Å². The fraction of sp³-hybridized carbons (Fsp3) is 0.360. The van der Waals surface area contributed by atoms with Crippen molar-refractivity contribution in [3.8, 4) is 0 Å². The second-order valence-corrected chi connectivity index (χ2v) is 9.92. The highest BCUT2D eigenvalue weighted by atomic mass is 16.6. The number of non-ortho nitro benzene ring substituents is 2. The molecule has 0 amide bonds. The van der Waals surface area contributed by atoms with Crippen molar-refractivity contribution in [3.05, 3.63) is 91.7 Å². The first-order chi connectivity index (χ1) is 15.7. The van der Waals surface area contributed by atoms with Crippen LogP contribution in [0.5, 0.6) is 0 Å². The Morgan fingerprint density at radius 1 is 0.882 bits per heavy atom. The van der Waals surface area contributed by atoms with E-state index in [2.05, 4.69) is 0 Å². The van der Waals surface area contributed by atoms with Crippen LogP contribution < -0.4 is 9.80 Å². The fourth-order valence-corrected chi connectivity index (χ4v) is 5.26. The number of rotatable bonds is 4. The molecule has 1 unspecified atom stereocenters. The lowest BCUT2D eigenvalue weighted by atomic mass is 9.77. The Morgan fingerprint density at radius 3 is 1.97 bits per heavy atom. The Kier molecular flexibility index (Phi) is 5.10. The SMILES string of the molecule is CN1/C(=C/C=C/C2(O)N(C)c3ccc([N+](=O)[O-])cc3C2(C)C)C(C)(C)c2cc([N+](=O)[O-])ccc21. The standard InChI is InChI=1S/C25H28N4O5/c1-23(2)18-14-16(28(31)32)9-11-20(18)26(5)22(23)8-7-13-25(30)24(3,4)19-15-17(29(33)34)10-12-21(19)27(25)6/h7-15,30H,1-6H3/b13-7+,22-8+. The monoisotopic (exact) mass is 464 g/mol. The molecule has 2 heterocycles. The molecule has 9 heteroatoms. The van der Waals surface area contributed by atoms with Gasteiger partial charge in [-0.05, 0) is 35.4 Å².